The first-order chi connectivity index (χ1) is 10.7. The second-order valence-electron chi connectivity index (χ2n) is 5.29. The molecule has 0 aliphatic rings. The number of aliphatic hydroxyl groups excluding tert-OH is 1. The van der Waals surface area contributed by atoms with Gasteiger partial charge >= 0.3 is 6.03 Å². The lowest BCUT2D eigenvalue weighted by Crippen LogP contribution is -2.40. The topological polar surface area (TPSA) is 79.2 Å². The molecule has 0 aliphatic heterocycles. The van der Waals surface area contributed by atoms with E-state index in [1.165, 1.54) is 5.56 Å². The zero-order valence-electron chi connectivity index (χ0n) is 12.7. The van der Waals surface area contributed by atoms with Gasteiger partial charge in [-0.25, -0.2) is 9.78 Å². The molecule has 22 heavy (non-hydrogen) atoms. The van der Waals surface area contributed by atoms with Gasteiger partial charge in [-0.3, -0.25) is 0 Å². The first-order valence-corrected chi connectivity index (χ1v) is 7.36. The Labute approximate surface area is 130 Å². The van der Waals surface area contributed by atoms with Crippen molar-refractivity contribution in [3.05, 3.63) is 54.1 Å². The third-order valence-electron chi connectivity index (χ3n) is 3.34. The first kappa shape index (κ1) is 16.0. The number of imidazole rings is 1. The summed E-state index contributed by atoms with van der Waals surface area (Å²) in [6, 6.07) is 7.84. The molecule has 0 saturated carbocycles. The lowest BCUT2D eigenvalue weighted by Gasteiger charge is -2.13. The van der Waals surface area contributed by atoms with Crippen LogP contribution in [-0.2, 0) is 13.1 Å². The number of nitrogens with zero attached hydrogens (tertiary/aromatic N) is 2. The molecule has 1 atom stereocenters. The zero-order valence-corrected chi connectivity index (χ0v) is 12.7. The Kier molecular flexibility index (Phi) is 5.97. The molecule has 2 rings (SSSR count). The van der Waals surface area contributed by atoms with Crippen molar-refractivity contribution in [3.8, 4) is 0 Å². The minimum Gasteiger partial charge on any atom is -0.396 e. The van der Waals surface area contributed by atoms with Crippen molar-refractivity contribution in [2.75, 3.05) is 6.61 Å². The molecular weight excluding hydrogens is 280 g/mol. The number of aliphatic hydroxyl groups is 1. The number of hydrogen-bond acceptors (Lipinski definition) is 3. The molecule has 0 spiro atoms. The molecule has 2 aromatic rings. The van der Waals surface area contributed by atoms with Crippen molar-refractivity contribution in [1.82, 2.24) is 20.2 Å². The van der Waals surface area contributed by atoms with Gasteiger partial charge in [0.25, 0.3) is 0 Å². The fourth-order valence-electron chi connectivity index (χ4n) is 2.08. The van der Waals surface area contributed by atoms with E-state index in [0.717, 1.165) is 12.1 Å². The zero-order chi connectivity index (χ0) is 15.8. The Bertz CT molecular complexity index is 566. The summed E-state index contributed by atoms with van der Waals surface area (Å²) in [5.74, 6) is 0. The molecular formula is C16H22N4O2. The maximum atomic E-state index is 11.7. The molecule has 6 heteroatoms. The number of rotatable bonds is 7. The Morgan fingerprint density at radius 2 is 2.05 bits per heavy atom. The third-order valence-corrected chi connectivity index (χ3v) is 3.34. The molecule has 0 bridgehead atoms. The van der Waals surface area contributed by atoms with Crippen LogP contribution in [0.3, 0.4) is 0 Å². The molecule has 0 fully saturated rings. The molecule has 0 radical (unpaired) electrons. The molecule has 1 aromatic heterocycles. The minimum absolute atomic E-state index is 0.0393. The van der Waals surface area contributed by atoms with Gasteiger partial charge < -0.3 is 20.3 Å². The highest BCUT2D eigenvalue weighted by Crippen LogP contribution is 2.06. The number of carbonyl (C=O) groups excluding carboxylic acids is 1. The van der Waals surface area contributed by atoms with E-state index in [4.69, 9.17) is 5.11 Å². The monoisotopic (exact) mass is 302 g/mol. The number of carbonyl (C=O) groups is 1. The van der Waals surface area contributed by atoms with Crippen LogP contribution in [0.25, 0.3) is 0 Å². The largest absolute Gasteiger partial charge is 0.396 e. The second kappa shape index (κ2) is 8.19. The highest BCUT2D eigenvalue weighted by Gasteiger charge is 2.06. The summed E-state index contributed by atoms with van der Waals surface area (Å²) in [5, 5.41) is 14.4. The van der Waals surface area contributed by atoms with E-state index in [0.29, 0.717) is 13.0 Å². The summed E-state index contributed by atoms with van der Waals surface area (Å²) >= 11 is 0. The lowest BCUT2D eigenvalue weighted by atomic mass is 10.1. The van der Waals surface area contributed by atoms with Crippen molar-refractivity contribution in [2.24, 2.45) is 0 Å². The van der Waals surface area contributed by atoms with Crippen LogP contribution in [0.4, 0.5) is 4.79 Å². The van der Waals surface area contributed by atoms with Gasteiger partial charge in [0.05, 0.1) is 6.33 Å². The molecule has 0 unspecified atom stereocenters. The van der Waals surface area contributed by atoms with Crippen molar-refractivity contribution in [1.29, 1.82) is 0 Å². The molecule has 0 aliphatic carbocycles. The van der Waals surface area contributed by atoms with Gasteiger partial charge in [-0.15, -0.1) is 0 Å². The fraction of sp³-hybridized carbons (Fsp3) is 0.375. The van der Waals surface area contributed by atoms with Crippen molar-refractivity contribution in [3.63, 3.8) is 0 Å². The summed E-state index contributed by atoms with van der Waals surface area (Å²) in [4.78, 5) is 15.7. The van der Waals surface area contributed by atoms with Gasteiger partial charge in [-0.1, -0.05) is 24.3 Å². The average molecular weight is 302 g/mol. The normalized spacial score (nSPS) is 11.9. The third kappa shape index (κ3) is 5.21. The SMILES string of the molecule is C[C@H](CCO)NC(=O)NCc1ccc(Cn2ccnc2)cc1. The van der Waals surface area contributed by atoms with Gasteiger partial charge in [0.15, 0.2) is 0 Å². The standard InChI is InChI=1S/C16H22N4O2/c1-13(6-9-21)19-16(22)18-10-14-2-4-15(5-3-14)11-20-8-7-17-12-20/h2-5,7-8,12-13,21H,6,9-11H2,1H3,(H2,18,19,22)/t13-/m1/s1. The summed E-state index contributed by atoms with van der Waals surface area (Å²) in [6.45, 7) is 3.19. The van der Waals surface area contributed by atoms with E-state index in [1.807, 2.05) is 42.0 Å². The summed E-state index contributed by atoms with van der Waals surface area (Å²) in [7, 11) is 0. The van der Waals surface area contributed by atoms with Crippen LogP contribution in [0.15, 0.2) is 43.0 Å². The molecule has 1 heterocycles. The summed E-state index contributed by atoms with van der Waals surface area (Å²) < 4.78 is 2.00. The van der Waals surface area contributed by atoms with E-state index in [9.17, 15) is 4.79 Å². The Hall–Kier alpha value is -2.34. The summed E-state index contributed by atoms with van der Waals surface area (Å²) in [6.07, 6.45) is 6.02. The Morgan fingerprint density at radius 1 is 1.32 bits per heavy atom. The quantitative estimate of drug-likeness (QED) is 0.725. The molecule has 3 N–H and O–H groups in total. The first-order valence-electron chi connectivity index (χ1n) is 7.36. The van der Waals surface area contributed by atoms with E-state index < -0.39 is 0 Å². The number of aromatic nitrogens is 2. The number of benzene rings is 1. The van der Waals surface area contributed by atoms with Gasteiger partial charge in [-0.05, 0) is 24.5 Å². The van der Waals surface area contributed by atoms with E-state index in [-0.39, 0.29) is 18.7 Å². The maximum Gasteiger partial charge on any atom is 0.315 e. The van der Waals surface area contributed by atoms with Crippen molar-refractivity contribution < 1.29 is 9.90 Å². The van der Waals surface area contributed by atoms with Gasteiger partial charge in [0.1, 0.15) is 0 Å². The lowest BCUT2D eigenvalue weighted by molar-refractivity contribution is 0.230. The van der Waals surface area contributed by atoms with E-state index in [1.54, 1.807) is 12.5 Å². The minimum atomic E-state index is -0.219. The highest BCUT2D eigenvalue weighted by molar-refractivity contribution is 5.74. The predicted molar refractivity (Wildman–Crippen MR) is 84.3 cm³/mol. The smallest absolute Gasteiger partial charge is 0.315 e. The molecule has 118 valence electrons. The van der Waals surface area contributed by atoms with Gasteiger partial charge in [0.2, 0.25) is 0 Å². The average Bonchev–Trinajstić information content (AvgIpc) is 3.00. The molecule has 2 amide bonds. The van der Waals surface area contributed by atoms with Crippen LogP contribution < -0.4 is 10.6 Å². The molecule has 6 nitrogen and oxygen atoms in total. The van der Waals surface area contributed by atoms with Crippen LogP contribution in [0, 0.1) is 0 Å². The second-order valence-corrected chi connectivity index (χ2v) is 5.29. The molecule has 1 aromatic carbocycles. The van der Waals surface area contributed by atoms with Crippen molar-refractivity contribution in [2.45, 2.75) is 32.5 Å². The van der Waals surface area contributed by atoms with Crippen LogP contribution >= 0.6 is 0 Å². The highest BCUT2D eigenvalue weighted by atomic mass is 16.3. The number of urea groups is 1. The Balaban J connectivity index is 1.77. The number of amides is 2. The summed E-state index contributed by atoms with van der Waals surface area (Å²) in [5.41, 5.74) is 2.22. The van der Waals surface area contributed by atoms with Crippen LogP contribution in [0.2, 0.25) is 0 Å². The number of hydrogen-bond donors (Lipinski definition) is 3. The van der Waals surface area contributed by atoms with E-state index in [2.05, 4.69) is 15.6 Å². The van der Waals surface area contributed by atoms with Crippen LogP contribution in [0.1, 0.15) is 24.5 Å². The van der Waals surface area contributed by atoms with Crippen molar-refractivity contribution >= 4 is 6.03 Å². The molecule has 0 saturated heterocycles. The number of nitrogens with one attached hydrogen (secondary N) is 2. The fourth-order valence-corrected chi connectivity index (χ4v) is 2.08. The van der Waals surface area contributed by atoms with Crippen LogP contribution in [0.5, 0.6) is 0 Å². The van der Waals surface area contributed by atoms with Crippen LogP contribution in [-0.4, -0.2) is 33.3 Å². The van der Waals surface area contributed by atoms with Gasteiger partial charge in [0, 0.05) is 38.1 Å². The Morgan fingerprint density at radius 3 is 2.68 bits per heavy atom. The predicted octanol–water partition coefficient (Wildman–Crippen LogP) is 1.50. The maximum absolute atomic E-state index is 11.7. The van der Waals surface area contributed by atoms with E-state index >= 15 is 0 Å². The van der Waals surface area contributed by atoms with Gasteiger partial charge in [-0.2, -0.15) is 0 Å².